The topological polar surface area (TPSA) is 47.6 Å². The molecule has 0 aliphatic heterocycles. The Labute approximate surface area is 106 Å². The lowest BCUT2D eigenvalue weighted by Gasteiger charge is -2.07. The van der Waals surface area contributed by atoms with Crippen LogP contribution in [0, 0.1) is 0 Å². The van der Waals surface area contributed by atoms with Gasteiger partial charge < -0.3 is 14.8 Å². The van der Waals surface area contributed by atoms with Crippen molar-refractivity contribution in [1.29, 1.82) is 0 Å². The van der Waals surface area contributed by atoms with Crippen LogP contribution in [0.4, 0.5) is 0 Å². The summed E-state index contributed by atoms with van der Waals surface area (Å²) in [6.45, 7) is 1.18. The van der Waals surface area contributed by atoms with Crippen LogP contribution in [0.5, 0.6) is 5.75 Å². The van der Waals surface area contributed by atoms with Crippen LogP contribution in [-0.2, 0) is 16.1 Å². The largest absolute Gasteiger partial charge is 0.497 e. The fourth-order valence-corrected chi connectivity index (χ4v) is 1.55. The zero-order valence-electron chi connectivity index (χ0n) is 9.96. The Bertz CT molecular complexity index is 382. The molecular weight excluding hydrogens is 242 g/mol. The average Bonchev–Trinajstić information content (AvgIpc) is 2.35. The highest BCUT2D eigenvalue weighted by Crippen LogP contribution is 2.22. The van der Waals surface area contributed by atoms with Gasteiger partial charge in [-0.3, -0.25) is 4.79 Å². The minimum atomic E-state index is -0.224. The number of ether oxygens (including phenoxy) is 2. The normalized spacial score (nSPS) is 10.1. The first-order valence-electron chi connectivity index (χ1n) is 5.27. The Hall–Kier alpha value is -1.26. The summed E-state index contributed by atoms with van der Waals surface area (Å²) in [6, 6.07) is 5.51. The van der Waals surface area contributed by atoms with Gasteiger partial charge in [0.25, 0.3) is 0 Å². The molecule has 0 amide bonds. The van der Waals surface area contributed by atoms with E-state index in [0.717, 1.165) is 11.3 Å². The van der Waals surface area contributed by atoms with Crippen molar-refractivity contribution < 1.29 is 14.3 Å². The molecule has 0 saturated carbocycles. The predicted molar refractivity (Wildman–Crippen MR) is 66.3 cm³/mol. The van der Waals surface area contributed by atoms with Gasteiger partial charge in [0.05, 0.1) is 20.6 Å². The number of hydrogen-bond acceptors (Lipinski definition) is 4. The van der Waals surface area contributed by atoms with E-state index in [1.54, 1.807) is 13.2 Å². The Morgan fingerprint density at radius 2 is 2.18 bits per heavy atom. The SMILES string of the molecule is COC(=O)CCNCc1ccc(OC)cc1Cl. The molecule has 5 heteroatoms. The first-order chi connectivity index (χ1) is 8.17. The van der Waals surface area contributed by atoms with Crippen molar-refractivity contribution in [3.05, 3.63) is 28.8 Å². The average molecular weight is 258 g/mol. The summed E-state index contributed by atoms with van der Waals surface area (Å²) in [5.41, 5.74) is 0.970. The van der Waals surface area contributed by atoms with Crippen molar-refractivity contribution in [2.75, 3.05) is 20.8 Å². The summed E-state index contributed by atoms with van der Waals surface area (Å²) in [4.78, 5) is 10.9. The molecule has 0 atom stereocenters. The predicted octanol–water partition coefficient (Wildman–Crippen LogP) is 2.00. The van der Waals surface area contributed by atoms with E-state index in [0.29, 0.717) is 24.5 Å². The number of nitrogens with one attached hydrogen (secondary N) is 1. The van der Waals surface area contributed by atoms with E-state index in [9.17, 15) is 4.79 Å². The van der Waals surface area contributed by atoms with Crippen molar-refractivity contribution in [2.45, 2.75) is 13.0 Å². The van der Waals surface area contributed by atoms with E-state index in [-0.39, 0.29) is 5.97 Å². The van der Waals surface area contributed by atoms with E-state index < -0.39 is 0 Å². The minimum Gasteiger partial charge on any atom is -0.497 e. The van der Waals surface area contributed by atoms with Crippen LogP contribution in [-0.4, -0.2) is 26.7 Å². The second-order valence-electron chi connectivity index (χ2n) is 3.46. The molecule has 1 aromatic carbocycles. The second kappa shape index (κ2) is 7.14. The number of hydrogen-bond donors (Lipinski definition) is 1. The summed E-state index contributed by atoms with van der Waals surface area (Å²) in [7, 11) is 2.97. The molecule has 0 bridgehead atoms. The van der Waals surface area contributed by atoms with Gasteiger partial charge in [-0.05, 0) is 17.7 Å². The maximum absolute atomic E-state index is 10.9. The molecule has 0 aliphatic rings. The third kappa shape index (κ3) is 4.63. The van der Waals surface area contributed by atoms with Gasteiger partial charge in [-0.25, -0.2) is 0 Å². The third-order valence-corrected chi connectivity index (χ3v) is 2.66. The highest BCUT2D eigenvalue weighted by Gasteiger charge is 2.03. The fraction of sp³-hybridized carbons (Fsp3) is 0.417. The second-order valence-corrected chi connectivity index (χ2v) is 3.87. The van der Waals surface area contributed by atoms with Gasteiger partial charge in [0.1, 0.15) is 5.75 Å². The highest BCUT2D eigenvalue weighted by atomic mass is 35.5. The molecule has 94 valence electrons. The smallest absolute Gasteiger partial charge is 0.306 e. The van der Waals surface area contributed by atoms with Crippen molar-refractivity contribution in [1.82, 2.24) is 5.32 Å². The number of rotatable bonds is 6. The van der Waals surface area contributed by atoms with Crippen LogP contribution in [0.2, 0.25) is 5.02 Å². The van der Waals surface area contributed by atoms with Gasteiger partial charge in [0.2, 0.25) is 0 Å². The Morgan fingerprint density at radius 1 is 1.41 bits per heavy atom. The van der Waals surface area contributed by atoms with Gasteiger partial charge in [0, 0.05) is 18.1 Å². The van der Waals surface area contributed by atoms with Gasteiger partial charge in [-0.1, -0.05) is 17.7 Å². The van der Waals surface area contributed by atoms with E-state index in [1.807, 2.05) is 12.1 Å². The van der Waals surface area contributed by atoms with Crippen LogP contribution >= 0.6 is 11.6 Å². The van der Waals surface area contributed by atoms with Gasteiger partial charge in [0.15, 0.2) is 0 Å². The number of carbonyl (C=O) groups excluding carboxylic acids is 1. The van der Waals surface area contributed by atoms with Gasteiger partial charge in [-0.15, -0.1) is 0 Å². The Kier molecular flexibility index (Phi) is 5.80. The van der Waals surface area contributed by atoms with Crippen LogP contribution < -0.4 is 10.1 Å². The Morgan fingerprint density at radius 3 is 2.76 bits per heavy atom. The first-order valence-corrected chi connectivity index (χ1v) is 5.65. The summed E-state index contributed by atoms with van der Waals surface area (Å²) in [5, 5.41) is 3.77. The molecule has 1 aromatic rings. The maximum atomic E-state index is 10.9. The molecular formula is C12H16ClNO3. The molecule has 0 saturated heterocycles. The lowest BCUT2D eigenvalue weighted by atomic mass is 10.2. The number of carbonyl (C=O) groups is 1. The molecule has 17 heavy (non-hydrogen) atoms. The van der Waals surface area contributed by atoms with Gasteiger partial charge >= 0.3 is 5.97 Å². The van der Waals surface area contributed by atoms with Crippen molar-refractivity contribution in [2.24, 2.45) is 0 Å². The zero-order valence-corrected chi connectivity index (χ0v) is 10.7. The van der Waals surface area contributed by atoms with Crippen LogP contribution in [0.1, 0.15) is 12.0 Å². The van der Waals surface area contributed by atoms with E-state index in [2.05, 4.69) is 10.1 Å². The highest BCUT2D eigenvalue weighted by molar-refractivity contribution is 6.31. The number of halogens is 1. The van der Waals surface area contributed by atoms with Crippen LogP contribution in [0.3, 0.4) is 0 Å². The zero-order chi connectivity index (χ0) is 12.7. The molecule has 0 radical (unpaired) electrons. The molecule has 0 fully saturated rings. The molecule has 0 unspecified atom stereocenters. The monoisotopic (exact) mass is 257 g/mol. The van der Waals surface area contributed by atoms with E-state index in [1.165, 1.54) is 7.11 Å². The first kappa shape index (κ1) is 13.8. The standard InChI is InChI=1S/C12H16ClNO3/c1-16-10-4-3-9(11(13)7-10)8-14-6-5-12(15)17-2/h3-4,7,14H,5-6,8H2,1-2H3. The van der Waals surface area contributed by atoms with Crippen LogP contribution in [0.15, 0.2) is 18.2 Å². The molecule has 0 spiro atoms. The molecule has 4 nitrogen and oxygen atoms in total. The lowest BCUT2D eigenvalue weighted by Crippen LogP contribution is -2.18. The van der Waals surface area contributed by atoms with Gasteiger partial charge in [-0.2, -0.15) is 0 Å². The Balaban J connectivity index is 2.39. The summed E-state index contributed by atoms with van der Waals surface area (Å²) in [5.74, 6) is 0.506. The molecule has 0 aromatic heterocycles. The molecule has 1 N–H and O–H groups in total. The summed E-state index contributed by atoms with van der Waals surface area (Å²) >= 11 is 6.07. The quantitative estimate of drug-likeness (QED) is 0.626. The number of esters is 1. The molecule has 0 aliphatic carbocycles. The summed E-state index contributed by atoms with van der Waals surface area (Å²) < 4.78 is 9.59. The van der Waals surface area contributed by atoms with Crippen molar-refractivity contribution >= 4 is 17.6 Å². The van der Waals surface area contributed by atoms with Crippen molar-refractivity contribution in [3.8, 4) is 5.75 Å². The minimum absolute atomic E-state index is 0.224. The summed E-state index contributed by atoms with van der Waals surface area (Å²) in [6.07, 6.45) is 0.351. The fourth-order valence-electron chi connectivity index (χ4n) is 1.31. The van der Waals surface area contributed by atoms with E-state index in [4.69, 9.17) is 16.3 Å². The lowest BCUT2D eigenvalue weighted by molar-refractivity contribution is -0.140. The van der Waals surface area contributed by atoms with Crippen molar-refractivity contribution in [3.63, 3.8) is 0 Å². The number of methoxy groups -OCH3 is 2. The van der Waals surface area contributed by atoms with Crippen LogP contribution in [0.25, 0.3) is 0 Å². The molecule has 0 heterocycles. The number of benzene rings is 1. The molecule has 1 rings (SSSR count). The van der Waals surface area contributed by atoms with E-state index >= 15 is 0 Å². The maximum Gasteiger partial charge on any atom is 0.306 e. The third-order valence-electron chi connectivity index (χ3n) is 2.31.